The van der Waals surface area contributed by atoms with Crippen molar-refractivity contribution in [1.29, 1.82) is 0 Å². The second-order valence-electron chi connectivity index (χ2n) is 9.93. The number of hydrogen-bond acceptors (Lipinski definition) is 8. The van der Waals surface area contributed by atoms with Crippen LogP contribution in [0, 0.1) is 5.92 Å². The lowest BCUT2D eigenvalue weighted by Crippen LogP contribution is -2.42. The fourth-order valence-corrected chi connectivity index (χ4v) is 4.87. The monoisotopic (exact) mass is 466 g/mol. The third kappa shape index (κ3) is 7.42. The van der Waals surface area contributed by atoms with Crippen LogP contribution in [0.1, 0.15) is 66.0 Å². The molecule has 1 aliphatic rings. The van der Waals surface area contributed by atoms with Gasteiger partial charge >= 0.3 is 6.09 Å². The lowest BCUT2D eigenvalue weighted by molar-refractivity contribution is 0.0188. The average molecular weight is 467 g/mol. The van der Waals surface area contributed by atoms with Gasteiger partial charge in [-0.25, -0.2) is 14.8 Å². The first-order valence-electron chi connectivity index (χ1n) is 10.8. The number of aromatic nitrogens is 2. The minimum absolute atomic E-state index is 0.0272. The summed E-state index contributed by atoms with van der Waals surface area (Å²) in [4.78, 5) is 22.9. The molecule has 0 radical (unpaired) electrons. The predicted molar refractivity (Wildman–Crippen MR) is 126 cm³/mol. The summed E-state index contributed by atoms with van der Waals surface area (Å²) in [7, 11) is 0. The SMILES string of the molecule is CC(C)(C)OC(=O)N1CCC(CNc2ncc(SCc3ncc(C(C)(C)C)o3)s2)CC1. The summed E-state index contributed by atoms with van der Waals surface area (Å²) in [6.45, 7) is 14.4. The first-order valence-corrected chi connectivity index (χ1v) is 12.6. The molecule has 172 valence electrons. The zero-order chi connectivity index (χ0) is 22.6. The van der Waals surface area contributed by atoms with E-state index in [0.29, 0.717) is 11.7 Å². The van der Waals surface area contributed by atoms with Gasteiger partial charge in [-0.1, -0.05) is 32.1 Å². The number of thioether (sulfide) groups is 1. The lowest BCUT2D eigenvalue weighted by Gasteiger charge is -2.33. The summed E-state index contributed by atoms with van der Waals surface area (Å²) in [6.07, 6.45) is 5.46. The Morgan fingerprint density at radius 3 is 2.55 bits per heavy atom. The molecule has 1 N–H and O–H groups in total. The van der Waals surface area contributed by atoms with Gasteiger partial charge in [0, 0.05) is 25.0 Å². The van der Waals surface area contributed by atoms with E-state index in [1.54, 1.807) is 23.1 Å². The molecular formula is C22H34N4O3S2. The highest BCUT2D eigenvalue weighted by Crippen LogP contribution is 2.32. The maximum absolute atomic E-state index is 12.2. The van der Waals surface area contributed by atoms with E-state index in [1.807, 2.05) is 38.1 Å². The molecule has 0 saturated carbocycles. The molecule has 0 atom stereocenters. The Bertz CT molecular complexity index is 859. The summed E-state index contributed by atoms with van der Waals surface area (Å²) in [6, 6.07) is 0. The van der Waals surface area contributed by atoms with Crippen LogP contribution in [-0.4, -0.2) is 46.2 Å². The Morgan fingerprint density at radius 2 is 1.94 bits per heavy atom. The van der Waals surface area contributed by atoms with Crippen LogP contribution < -0.4 is 5.32 Å². The van der Waals surface area contributed by atoms with Gasteiger partial charge in [-0.3, -0.25) is 0 Å². The molecule has 2 aromatic rings. The molecule has 7 nitrogen and oxygen atoms in total. The van der Waals surface area contributed by atoms with Crippen molar-refractivity contribution < 1.29 is 13.9 Å². The largest absolute Gasteiger partial charge is 0.444 e. The quantitative estimate of drug-likeness (QED) is 0.540. The van der Waals surface area contributed by atoms with Gasteiger partial charge in [0.2, 0.25) is 5.89 Å². The minimum Gasteiger partial charge on any atom is -0.444 e. The zero-order valence-electron chi connectivity index (χ0n) is 19.4. The van der Waals surface area contributed by atoms with Crippen molar-refractivity contribution in [2.45, 2.75) is 75.4 Å². The van der Waals surface area contributed by atoms with Crippen molar-refractivity contribution in [3.8, 4) is 0 Å². The van der Waals surface area contributed by atoms with Crippen LogP contribution in [0.4, 0.5) is 9.93 Å². The maximum atomic E-state index is 12.2. The molecular weight excluding hydrogens is 432 g/mol. The zero-order valence-corrected chi connectivity index (χ0v) is 21.0. The van der Waals surface area contributed by atoms with E-state index in [4.69, 9.17) is 9.15 Å². The third-order valence-electron chi connectivity index (χ3n) is 4.92. The fourth-order valence-electron chi connectivity index (χ4n) is 3.14. The first-order chi connectivity index (χ1) is 14.5. The van der Waals surface area contributed by atoms with Crippen molar-refractivity contribution in [3.63, 3.8) is 0 Å². The van der Waals surface area contributed by atoms with Crippen LogP contribution in [-0.2, 0) is 15.9 Å². The lowest BCUT2D eigenvalue weighted by atomic mass is 9.94. The highest BCUT2D eigenvalue weighted by atomic mass is 32.2. The molecule has 2 aromatic heterocycles. The number of likely N-dealkylation sites (tertiary alicyclic amines) is 1. The Kier molecular flexibility index (Phi) is 7.57. The second-order valence-corrected chi connectivity index (χ2v) is 12.2. The normalized spacial score (nSPS) is 15.9. The van der Waals surface area contributed by atoms with Crippen LogP contribution in [0.15, 0.2) is 21.0 Å². The van der Waals surface area contributed by atoms with Gasteiger partial charge in [0.25, 0.3) is 0 Å². The van der Waals surface area contributed by atoms with E-state index in [-0.39, 0.29) is 11.5 Å². The Hall–Kier alpha value is -1.74. The summed E-state index contributed by atoms with van der Waals surface area (Å²) in [5, 5.41) is 4.39. The average Bonchev–Trinajstić information content (AvgIpc) is 3.33. The van der Waals surface area contributed by atoms with Crippen molar-refractivity contribution in [2.75, 3.05) is 25.0 Å². The van der Waals surface area contributed by atoms with E-state index in [2.05, 4.69) is 36.1 Å². The molecule has 0 aromatic carbocycles. The Morgan fingerprint density at radius 1 is 1.23 bits per heavy atom. The summed E-state index contributed by atoms with van der Waals surface area (Å²) in [5.74, 6) is 2.88. The molecule has 0 unspecified atom stereocenters. The minimum atomic E-state index is -0.447. The van der Waals surface area contributed by atoms with Gasteiger partial charge in [0.15, 0.2) is 5.13 Å². The second kappa shape index (κ2) is 9.81. The first kappa shape index (κ1) is 23.9. The molecule has 3 rings (SSSR count). The van der Waals surface area contributed by atoms with E-state index in [0.717, 1.165) is 53.5 Å². The van der Waals surface area contributed by atoms with Gasteiger partial charge < -0.3 is 19.4 Å². The number of nitrogens with one attached hydrogen (secondary N) is 1. The highest BCUT2D eigenvalue weighted by molar-refractivity contribution is 8.00. The van der Waals surface area contributed by atoms with Crippen LogP contribution in [0.5, 0.6) is 0 Å². The smallest absolute Gasteiger partial charge is 0.410 e. The molecule has 1 saturated heterocycles. The van der Waals surface area contributed by atoms with Crippen molar-refractivity contribution >= 4 is 34.3 Å². The van der Waals surface area contributed by atoms with Crippen LogP contribution in [0.3, 0.4) is 0 Å². The number of oxazole rings is 1. The van der Waals surface area contributed by atoms with Gasteiger partial charge in [0.05, 0.1) is 22.4 Å². The van der Waals surface area contributed by atoms with E-state index < -0.39 is 5.60 Å². The van der Waals surface area contributed by atoms with Crippen molar-refractivity contribution in [3.05, 3.63) is 24.0 Å². The number of hydrogen-bond donors (Lipinski definition) is 1. The standard InChI is InChI=1S/C22H34N4O3S2/c1-21(2,3)16-12-23-17(28-16)14-30-18-13-25-19(31-18)24-11-15-7-9-26(10-8-15)20(27)29-22(4,5)6/h12-13,15H,7-11,14H2,1-6H3,(H,24,25). The summed E-state index contributed by atoms with van der Waals surface area (Å²) < 4.78 is 12.5. The van der Waals surface area contributed by atoms with Crippen LogP contribution >= 0.6 is 23.1 Å². The number of carbonyl (C=O) groups is 1. The molecule has 1 aliphatic heterocycles. The highest BCUT2D eigenvalue weighted by Gasteiger charge is 2.27. The third-order valence-corrected chi connectivity index (χ3v) is 7.06. The number of carbonyl (C=O) groups excluding carboxylic acids is 1. The van der Waals surface area contributed by atoms with Crippen molar-refractivity contribution in [1.82, 2.24) is 14.9 Å². The van der Waals surface area contributed by atoms with Crippen molar-refractivity contribution in [2.24, 2.45) is 5.92 Å². The number of anilines is 1. The number of nitrogens with zero attached hydrogens (tertiary/aromatic N) is 3. The van der Waals surface area contributed by atoms with Gasteiger partial charge in [-0.05, 0) is 39.5 Å². The van der Waals surface area contributed by atoms with E-state index in [1.165, 1.54) is 0 Å². The number of rotatable bonds is 6. The van der Waals surface area contributed by atoms with Gasteiger partial charge in [-0.15, -0.1) is 11.8 Å². The molecule has 3 heterocycles. The molecule has 0 bridgehead atoms. The molecule has 1 fully saturated rings. The van der Waals surface area contributed by atoms with E-state index >= 15 is 0 Å². The maximum Gasteiger partial charge on any atom is 0.410 e. The topological polar surface area (TPSA) is 80.5 Å². The van der Waals surface area contributed by atoms with Crippen LogP contribution in [0.2, 0.25) is 0 Å². The number of ether oxygens (including phenoxy) is 1. The number of amides is 1. The van der Waals surface area contributed by atoms with Gasteiger partial charge in [0.1, 0.15) is 11.4 Å². The molecule has 31 heavy (non-hydrogen) atoms. The number of piperidine rings is 1. The predicted octanol–water partition coefficient (Wildman–Crippen LogP) is 5.78. The molecule has 0 spiro atoms. The molecule has 0 aliphatic carbocycles. The number of thiazole rings is 1. The Labute approximate surface area is 193 Å². The molecule has 9 heteroatoms. The van der Waals surface area contributed by atoms with Crippen LogP contribution in [0.25, 0.3) is 0 Å². The molecule has 1 amide bonds. The summed E-state index contributed by atoms with van der Waals surface area (Å²) in [5.41, 5.74) is -0.474. The van der Waals surface area contributed by atoms with Gasteiger partial charge in [-0.2, -0.15) is 0 Å². The summed E-state index contributed by atoms with van der Waals surface area (Å²) >= 11 is 3.34. The Balaban J connectivity index is 1.39. The van der Waals surface area contributed by atoms with E-state index in [9.17, 15) is 4.79 Å². The fraction of sp³-hybridized carbons (Fsp3) is 0.682.